The molecular weight excluding hydrogens is 644 g/mol. The van der Waals surface area contributed by atoms with Gasteiger partial charge in [0.1, 0.15) is 17.2 Å². The first-order chi connectivity index (χ1) is 24.2. The molecule has 2 saturated heterocycles. The molecule has 3 aromatic carbocycles. The van der Waals surface area contributed by atoms with Crippen LogP contribution >= 0.6 is 0 Å². The van der Waals surface area contributed by atoms with Gasteiger partial charge in [-0.3, -0.25) is 4.90 Å². The molecule has 2 aliphatic heterocycles. The lowest BCUT2D eigenvalue weighted by Crippen LogP contribution is -2.42. The average molecular weight is 693 g/mol. The number of fused-ring (bicyclic) bond motifs is 2. The number of carbonyl (C=O) groups excluding carboxylic acids is 1. The third-order valence-electron chi connectivity index (χ3n) is 9.39. The number of nitrogens with one attached hydrogen (secondary N) is 2. The minimum Gasteiger partial charge on any atom is -0.444 e. The maximum Gasteiger partial charge on any atom is 0.410 e. The zero-order valence-electron chi connectivity index (χ0n) is 30.2. The number of aliphatic hydroxyl groups is 2. The summed E-state index contributed by atoms with van der Waals surface area (Å²) < 4.78 is 11.4. The van der Waals surface area contributed by atoms with Gasteiger partial charge in [-0.25, -0.2) is 19.7 Å². The standard InChI is InChI=1S/C40H48N6O5/c1-39(2,3)50-37(48)45-18-7-8-32(45)35-42-29-16-12-25(21-30(29)43-35)10-9-24-11-13-27-22-28(15-14-26(27)20-24)31-23-41-36(44-31)34-33(47)17-19-46(34)38(49)51-40(4,5)6/h9-16,20-23,32-34,38,47,49H,7-8,17-19H2,1-6H3,(H,41,44)(H,42,43)/b10-9+/t32-,33+,34-,38?/m0/s1. The molecule has 0 bridgehead atoms. The second-order valence-electron chi connectivity index (χ2n) is 15.7. The summed E-state index contributed by atoms with van der Waals surface area (Å²) in [5.74, 6) is 1.38. The molecule has 0 radical (unpaired) electrons. The Morgan fingerprint density at radius 2 is 1.63 bits per heavy atom. The van der Waals surface area contributed by atoms with Crippen molar-refractivity contribution < 1.29 is 24.5 Å². The van der Waals surface area contributed by atoms with Crippen molar-refractivity contribution in [1.82, 2.24) is 29.7 Å². The van der Waals surface area contributed by atoms with Gasteiger partial charge in [-0.2, -0.15) is 0 Å². The topological polar surface area (TPSA) is 140 Å². The molecule has 51 heavy (non-hydrogen) atoms. The lowest BCUT2D eigenvalue weighted by molar-refractivity contribution is -0.246. The van der Waals surface area contributed by atoms with E-state index >= 15 is 0 Å². The molecule has 0 aliphatic carbocycles. The maximum absolute atomic E-state index is 12.8. The first-order valence-corrected chi connectivity index (χ1v) is 17.8. The van der Waals surface area contributed by atoms with Crippen LogP contribution in [-0.2, 0) is 9.47 Å². The van der Waals surface area contributed by atoms with Gasteiger partial charge >= 0.3 is 6.09 Å². The van der Waals surface area contributed by atoms with E-state index in [1.807, 2.05) is 47.6 Å². The summed E-state index contributed by atoms with van der Waals surface area (Å²) in [7, 11) is 0. The largest absolute Gasteiger partial charge is 0.444 e. The molecule has 4 atom stereocenters. The molecular formula is C40H48N6O5. The number of nitrogens with zero attached hydrogens (tertiary/aromatic N) is 4. The van der Waals surface area contributed by atoms with Crippen LogP contribution in [0.15, 0.2) is 60.8 Å². The number of benzene rings is 3. The summed E-state index contributed by atoms with van der Waals surface area (Å²) >= 11 is 0. The Morgan fingerprint density at radius 1 is 0.902 bits per heavy atom. The minimum absolute atomic E-state index is 0.127. The second kappa shape index (κ2) is 13.5. The number of H-pyrrole nitrogens is 2. The van der Waals surface area contributed by atoms with Gasteiger partial charge in [0.25, 0.3) is 0 Å². The molecule has 2 aliphatic rings. The van der Waals surface area contributed by atoms with E-state index in [-0.39, 0.29) is 12.1 Å². The van der Waals surface area contributed by atoms with Gasteiger partial charge in [0.2, 0.25) is 6.41 Å². The molecule has 0 saturated carbocycles. The molecule has 11 heteroatoms. The van der Waals surface area contributed by atoms with Gasteiger partial charge in [0.05, 0.1) is 46.7 Å². The smallest absolute Gasteiger partial charge is 0.410 e. The summed E-state index contributed by atoms with van der Waals surface area (Å²) in [5, 5.41) is 23.7. The predicted molar refractivity (Wildman–Crippen MR) is 198 cm³/mol. The monoisotopic (exact) mass is 692 g/mol. The van der Waals surface area contributed by atoms with Crippen molar-refractivity contribution >= 4 is 40.1 Å². The minimum atomic E-state index is -1.15. The average Bonchev–Trinajstić information content (AvgIpc) is 3.87. The Bertz CT molecular complexity index is 2070. The van der Waals surface area contributed by atoms with Crippen LogP contribution in [0.4, 0.5) is 4.79 Å². The quantitative estimate of drug-likeness (QED) is 0.101. The van der Waals surface area contributed by atoms with E-state index < -0.39 is 29.8 Å². The third-order valence-corrected chi connectivity index (χ3v) is 9.39. The molecule has 2 aromatic heterocycles. The van der Waals surface area contributed by atoms with Crippen molar-refractivity contribution in [2.24, 2.45) is 0 Å². The number of hydrogen-bond acceptors (Lipinski definition) is 8. The number of aromatic nitrogens is 4. The van der Waals surface area contributed by atoms with Crippen LogP contribution in [0.2, 0.25) is 0 Å². The van der Waals surface area contributed by atoms with E-state index in [4.69, 9.17) is 14.5 Å². The highest BCUT2D eigenvalue weighted by molar-refractivity contribution is 5.90. The fourth-order valence-electron chi connectivity index (χ4n) is 7.03. The van der Waals surface area contributed by atoms with Crippen LogP contribution in [0, 0.1) is 0 Å². The number of likely N-dealkylation sites (tertiary alicyclic amines) is 2. The van der Waals surface area contributed by atoms with Crippen LogP contribution in [0.25, 0.3) is 45.2 Å². The zero-order chi connectivity index (χ0) is 36.1. The second-order valence-corrected chi connectivity index (χ2v) is 15.7. The van der Waals surface area contributed by atoms with E-state index in [1.165, 1.54) is 0 Å². The molecule has 7 rings (SSSR count). The summed E-state index contributed by atoms with van der Waals surface area (Å²) in [6.45, 7) is 12.5. The van der Waals surface area contributed by atoms with E-state index in [2.05, 4.69) is 75.6 Å². The Morgan fingerprint density at radius 3 is 2.39 bits per heavy atom. The molecule has 4 N–H and O–H groups in total. The van der Waals surface area contributed by atoms with Gasteiger partial charge in [-0.1, -0.05) is 42.5 Å². The van der Waals surface area contributed by atoms with Crippen molar-refractivity contribution in [3.63, 3.8) is 0 Å². The molecule has 2 fully saturated rings. The Balaban J connectivity index is 1.04. The normalized spacial score (nSPS) is 21.0. The number of imidazole rings is 2. The van der Waals surface area contributed by atoms with Crippen molar-refractivity contribution in [2.75, 3.05) is 13.1 Å². The summed E-state index contributed by atoms with van der Waals surface area (Å²) in [5.41, 5.74) is 4.66. The molecule has 4 heterocycles. The Labute approximate surface area is 298 Å². The van der Waals surface area contributed by atoms with Gasteiger partial charge in [0.15, 0.2) is 0 Å². The van der Waals surface area contributed by atoms with Crippen LogP contribution < -0.4 is 0 Å². The van der Waals surface area contributed by atoms with Crippen LogP contribution in [-0.4, -0.2) is 82.9 Å². The van der Waals surface area contributed by atoms with E-state index in [9.17, 15) is 15.0 Å². The highest BCUT2D eigenvalue weighted by Gasteiger charge is 2.41. The molecule has 268 valence electrons. The first-order valence-electron chi connectivity index (χ1n) is 17.8. The first kappa shape index (κ1) is 34.9. The molecule has 5 aromatic rings. The van der Waals surface area contributed by atoms with Crippen molar-refractivity contribution in [3.8, 4) is 11.3 Å². The van der Waals surface area contributed by atoms with Crippen molar-refractivity contribution in [1.29, 1.82) is 0 Å². The number of aliphatic hydroxyl groups excluding tert-OH is 2. The van der Waals surface area contributed by atoms with Gasteiger partial charge < -0.3 is 29.7 Å². The van der Waals surface area contributed by atoms with Crippen molar-refractivity contribution in [3.05, 3.63) is 83.6 Å². The summed E-state index contributed by atoms with van der Waals surface area (Å²) in [6, 6.07) is 18.2. The highest BCUT2D eigenvalue weighted by atomic mass is 16.6. The van der Waals surface area contributed by atoms with E-state index in [1.54, 1.807) is 16.0 Å². The molecule has 1 unspecified atom stereocenters. The molecule has 1 amide bonds. The fourth-order valence-corrected chi connectivity index (χ4v) is 7.03. The third kappa shape index (κ3) is 7.72. The number of carbonyl (C=O) groups is 1. The number of rotatable bonds is 7. The SMILES string of the molecule is CC(C)(C)OC(=O)N1CCC[C@H]1c1nc2ccc(/C=C/c3ccc4cc(-c5cnc([C@@H]6[C@H](O)CCN6C(O)OC(C)(C)C)[nH]5)ccc4c3)cc2[nH]1. The van der Waals surface area contributed by atoms with Crippen LogP contribution in [0.5, 0.6) is 0 Å². The summed E-state index contributed by atoms with van der Waals surface area (Å²) in [6.07, 6.45) is 6.14. The highest BCUT2D eigenvalue weighted by Crippen LogP contribution is 2.36. The number of aromatic amines is 2. The van der Waals surface area contributed by atoms with E-state index in [0.717, 1.165) is 62.9 Å². The Kier molecular flexibility index (Phi) is 9.26. The van der Waals surface area contributed by atoms with Crippen molar-refractivity contribution in [2.45, 2.75) is 96.6 Å². The molecule has 0 spiro atoms. The van der Waals surface area contributed by atoms with Gasteiger partial charge in [-0.05, 0) is 107 Å². The summed E-state index contributed by atoms with van der Waals surface area (Å²) in [4.78, 5) is 32.7. The fraction of sp³-hybridized carbons (Fsp3) is 0.425. The van der Waals surface area contributed by atoms with Crippen LogP contribution in [0.1, 0.15) is 95.7 Å². The zero-order valence-corrected chi connectivity index (χ0v) is 30.2. The van der Waals surface area contributed by atoms with E-state index in [0.29, 0.717) is 25.3 Å². The number of ether oxygens (including phenoxy) is 2. The van der Waals surface area contributed by atoms with Crippen LogP contribution in [0.3, 0.4) is 0 Å². The number of amides is 1. The van der Waals surface area contributed by atoms with Gasteiger partial charge in [0, 0.05) is 18.7 Å². The Hall–Kier alpha value is -4.55. The van der Waals surface area contributed by atoms with Gasteiger partial charge in [-0.15, -0.1) is 0 Å². The lowest BCUT2D eigenvalue weighted by Gasteiger charge is -2.33. The maximum atomic E-state index is 12.8. The lowest BCUT2D eigenvalue weighted by atomic mass is 10.0. The predicted octanol–water partition coefficient (Wildman–Crippen LogP) is 7.55. The number of hydrogen-bond donors (Lipinski definition) is 4. The molecule has 11 nitrogen and oxygen atoms in total.